The van der Waals surface area contributed by atoms with Crippen molar-refractivity contribution in [1.82, 2.24) is 0 Å². The second kappa shape index (κ2) is 25.9. The number of hydrogen-bond donors (Lipinski definition) is 0. The third-order valence-corrected chi connectivity index (χ3v) is 0. The summed E-state index contributed by atoms with van der Waals surface area (Å²) in [5, 5.41) is 0. The first-order valence-electron chi connectivity index (χ1n) is 0.143. The largest absolute Gasteiger partial charge is 0.107 e. The molecule has 0 unspecified atom stereocenters. The van der Waals surface area contributed by atoms with Crippen LogP contribution in [0.1, 0.15) is 0 Å². The summed E-state index contributed by atoms with van der Waals surface area (Å²) in [5.74, 6) is 0. The van der Waals surface area contributed by atoms with E-state index in [0.717, 1.165) is 0 Å². The minimum atomic E-state index is 0. The molecule has 0 aliphatic rings. The molecule has 35 valence electrons. The van der Waals surface area contributed by atoms with Crippen molar-refractivity contribution in [2.24, 2.45) is 0 Å². The number of rotatable bonds is 0. The first-order chi connectivity index (χ1) is 1.00. The monoisotopic (exact) mass is 561 g/mol. The van der Waals surface area contributed by atoms with Gasteiger partial charge in [0.1, 0.15) is 0 Å². The third kappa shape index (κ3) is 18.5. The van der Waals surface area contributed by atoms with Gasteiger partial charge in [-0.3, -0.25) is 0 Å². The molecule has 5 heavy (non-hydrogen) atoms. The maximum atomic E-state index is 2.12. The molecule has 0 amide bonds. The molecule has 0 atom stereocenters. The van der Waals surface area contributed by atoms with Crippen molar-refractivity contribution < 1.29 is 18.6 Å². The van der Waals surface area contributed by atoms with Crippen LogP contribution in [0.5, 0.6) is 0 Å². The van der Waals surface area contributed by atoms with E-state index in [2.05, 4.69) is 37.2 Å². The minimum absolute atomic E-state index is 0. The fourth-order valence-corrected chi connectivity index (χ4v) is 0. The third-order valence-electron chi connectivity index (χ3n) is 0. The molecule has 1 radical (unpaired) electrons. The van der Waals surface area contributed by atoms with Crippen molar-refractivity contribution in [2.45, 2.75) is 0 Å². The van der Waals surface area contributed by atoms with E-state index < -0.39 is 0 Å². The van der Waals surface area contributed by atoms with Crippen LogP contribution in [0.25, 0.3) is 0 Å². The van der Waals surface area contributed by atoms with Gasteiger partial charge in [-0.1, -0.05) is 0 Å². The van der Waals surface area contributed by atoms with Crippen LogP contribution in [-0.2, 0) is 18.6 Å². The molecule has 0 nitrogen and oxygen atoms in total. The van der Waals surface area contributed by atoms with Crippen molar-refractivity contribution in [2.75, 3.05) is 0 Å². The minimum Gasteiger partial charge on any atom is -0.107 e. The van der Waals surface area contributed by atoms with Gasteiger partial charge in [0.25, 0.3) is 0 Å². The van der Waals surface area contributed by atoms with E-state index in [-0.39, 0.29) is 66.5 Å². The number of hydrogen-bond acceptors (Lipinski definition) is 0. The fourth-order valence-electron chi connectivity index (χ4n) is 0. The summed E-state index contributed by atoms with van der Waals surface area (Å²) in [4.78, 5) is 0. The van der Waals surface area contributed by atoms with Crippen molar-refractivity contribution in [1.29, 1.82) is 0 Å². The van der Waals surface area contributed by atoms with E-state index in [0.29, 0.717) is 0 Å². The smallest absolute Gasteiger partial charge is 0 e. The molecule has 0 fully saturated rings. The molecule has 0 N–H and O–H groups in total. The Balaban J connectivity index is -0.00000000167. The molecule has 0 aliphatic carbocycles. The molecule has 5 heteroatoms. The fraction of sp³-hybridized carbons (Fsp3) is 0. The van der Waals surface area contributed by atoms with Gasteiger partial charge >= 0.3 is 0 Å². The Morgan fingerprint density at radius 3 is 0.800 bits per heavy atom. The zero-order valence-corrected chi connectivity index (χ0v) is 12.4. The van der Waals surface area contributed by atoms with Crippen molar-refractivity contribution in [3.63, 3.8) is 0 Å². The summed E-state index contributed by atoms with van der Waals surface area (Å²) in [6.07, 6.45) is 0. The molecular weight excluding hydrogens is 559 g/mol. The molecule has 0 rings (SSSR count). The van der Waals surface area contributed by atoms with Crippen molar-refractivity contribution >= 4 is 85.2 Å². The molecule has 0 saturated heterocycles. The van der Waals surface area contributed by atoms with Gasteiger partial charge in [0.2, 0.25) is 0 Å². The maximum absolute atomic E-state index is 2.12. The number of halogens is 4. The molecule has 0 aromatic carbocycles. The van der Waals surface area contributed by atoms with Gasteiger partial charge < -0.3 is 0 Å². The summed E-state index contributed by atoms with van der Waals surface area (Å²) in [6, 6.07) is 0. The van der Waals surface area contributed by atoms with Crippen molar-refractivity contribution in [3.05, 3.63) is 0 Å². The molecule has 0 spiro atoms. The van der Waals surface area contributed by atoms with E-state index >= 15 is 0 Å². The van der Waals surface area contributed by atoms with E-state index in [1.165, 1.54) is 0 Å². The van der Waals surface area contributed by atoms with Crippen LogP contribution in [0, 0.1) is 0 Å². The van der Waals surface area contributed by atoms with Gasteiger partial charge in [0.05, 0.1) is 0 Å². The van der Waals surface area contributed by atoms with Crippen LogP contribution in [-0.4, -0.2) is 0 Å². The summed E-state index contributed by atoms with van der Waals surface area (Å²) >= 11 is 4.24. The van der Waals surface area contributed by atoms with Gasteiger partial charge in [-0.15, -0.1) is 48.0 Å². The van der Waals surface area contributed by atoms with Gasteiger partial charge in [-0.25, -0.2) is 0 Å². The van der Waals surface area contributed by atoms with Gasteiger partial charge in [0.15, 0.2) is 0 Å². The van der Waals surface area contributed by atoms with Crippen LogP contribution in [0.3, 0.4) is 0 Å². The van der Waals surface area contributed by atoms with Gasteiger partial charge in [-0.2, -0.15) is 0 Å². The molecule has 0 aliphatic heterocycles. The van der Waals surface area contributed by atoms with Crippen LogP contribution in [0.15, 0.2) is 0 Å². The van der Waals surface area contributed by atoms with E-state index in [4.69, 9.17) is 0 Å². The molecule has 0 bridgehead atoms. The standard InChI is InChI=1S/I2.2HI.V/c1-2;;;/h;2*1H;. The Bertz CT molecular complexity index is 3.61. The average Bonchev–Trinajstić information content (AvgIpc) is 1.00. The first-order valence-corrected chi connectivity index (χ1v) is 6.43. The van der Waals surface area contributed by atoms with Crippen LogP contribution >= 0.6 is 85.2 Å². The van der Waals surface area contributed by atoms with Gasteiger partial charge in [-0.05, 0) is 0 Å². The first kappa shape index (κ1) is 23.6. The van der Waals surface area contributed by atoms with Crippen LogP contribution in [0.2, 0.25) is 0 Å². The van der Waals surface area contributed by atoms with Gasteiger partial charge in [0, 0.05) is 55.8 Å². The predicted octanol–water partition coefficient (Wildman–Crippen LogP) is 3.00. The Morgan fingerprint density at radius 1 is 0.800 bits per heavy atom. The summed E-state index contributed by atoms with van der Waals surface area (Å²) in [5.41, 5.74) is 0. The predicted molar refractivity (Wildman–Crippen MR) is 58.9 cm³/mol. The molecule has 0 aromatic rings. The average molecular weight is 561 g/mol. The molecule has 0 aromatic heterocycles. The Hall–Kier alpha value is 3.50. The van der Waals surface area contributed by atoms with E-state index in [9.17, 15) is 0 Å². The second-order valence-electron chi connectivity index (χ2n) is 0. The van der Waals surface area contributed by atoms with E-state index in [1.807, 2.05) is 0 Å². The van der Waals surface area contributed by atoms with Crippen LogP contribution < -0.4 is 0 Å². The Labute approximate surface area is 101 Å². The molecule has 0 heterocycles. The normalized spacial score (nSPS) is 1.20. The summed E-state index contributed by atoms with van der Waals surface area (Å²) in [6.45, 7) is 0. The quantitative estimate of drug-likeness (QED) is 0.400. The summed E-state index contributed by atoms with van der Waals surface area (Å²) in [7, 11) is 0. The van der Waals surface area contributed by atoms with Crippen LogP contribution in [0.4, 0.5) is 0 Å². The van der Waals surface area contributed by atoms with Crippen molar-refractivity contribution in [3.8, 4) is 0 Å². The Morgan fingerprint density at radius 2 is 0.800 bits per heavy atom. The molecular formula is H2I4V. The zero-order valence-electron chi connectivity index (χ0n) is 2.02. The second-order valence-corrected chi connectivity index (χ2v) is 0. The Kier molecular flexibility index (Phi) is 122. The SMILES string of the molecule is I.I.II.[V]. The maximum Gasteiger partial charge on any atom is 0 e. The summed E-state index contributed by atoms with van der Waals surface area (Å²) < 4.78 is 0. The zero-order chi connectivity index (χ0) is 2.00. The van der Waals surface area contributed by atoms with E-state index in [1.54, 1.807) is 0 Å². The molecule has 0 saturated carbocycles. The topological polar surface area (TPSA) is 0 Å².